The molecule has 0 rings (SSSR count). The quantitative estimate of drug-likeness (QED) is 0.0653. The third-order valence-electron chi connectivity index (χ3n) is 6.41. The number of unbranched alkanes of at least 4 members (excludes halogenated alkanes) is 15. The molecule has 2 N–H and O–H groups in total. The van der Waals surface area contributed by atoms with Gasteiger partial charge in [-0.3, -0.25) is 9.05 Å². The Balaban J connectivity index is 3.96. The monoisotopic (exact) mass is 551 g/mol. The molecule has 0 saturated carbocycles. The van der Waals surface area contributed by atoms with Gasteiger partial charge in [0.1, 0.15) is 19.3 Å². The summed E-state index contributed by atoms with van der Waals surface area (Å²) in [4.78, 5) is 21.8. The number of phosphoric acid groups is 1. The molecule has 0 radical (unpaired) electrons. The zero-order valence-corrected chi connectivity index (χ0v) is 25.7. The highest BCUT2D eigenvalue weighted by Crippen LogP contribution is 2.43. The molecule has 2 atom stereocenters. The predicted molar refractivity (Wildman–Crippen MR) is 153 cm³/mol. The Morgan fingerprint density at radius 2 is 1.24 bits per heavy atom. The van der Waals surface area contributed by atoms with E-state index in [1.54, 1.807) is 0 Å². The zero-order chi connectivity index (χ0) is 27.8. The molecule has 222 valence electrons. The van der Waals surface area contributed by atoms with E-state index in [0.29, 0.717) is 24.0 Å². The van der Waals surface area contributed by atoms with Crippen LogP contribution in [0.25, 0.3) is 0 Å². The van der Waals surface area contributed by atoms with E-state index < -0.39 is 20.0 Å². The van der Waals surface area contributed by atoms with E-state index in [1.807, 2.05) is 28.1 Å². The molecule has 0 aliphatic heterocycles. The molecule has 9 heteroatoms. The first-order valence-corrected chi connectivity index (χ1v) is 16.5. The van der Waals surface area contributed by atoms with Crippen molar-refractivity contribution in [1.82, 2.24) is 5.32 Å². The number of quaternary nitrogens is 1. The van der Waals surface area contributed by atoms with E-state index >= 15 is 0 Å². The molecule has 0 fully saturated rings. The van der Waals surface area contributed by atoms with Crippen molar-refractivity contribution in [2.75, 3.05) is 47.4 Å². The maximum absolute atomic E-state index is 12.2. The summed E-state index contributed by atoms with van der Waals surface area (Å²) in [5.41, 5.74) is 0. The van der Waals surface area contributed by atoms with E-state index in [9.17, 15) is 14.3 Å². The lowest BCUT2D eigenvalue weighted by Crippen LogP contribution is -2.37. The summed E-state index contributed by atoms with van der Waals surface area (Å²) < 4.78 is 28.4. The minimum atomic E-state index is -4.19. The van der Waals surface area contributed by atoms with Crippen LogP contribution in [-0.4, -0.2) is 69.0 Å². The number of nitrogens with zero attached hydrogens (tertiary/aromatic N) is 1. The lowest BCUT2D eigenvalue weighted by molar-refractivity contribution is -0.870. The minimum absolute atomic E-state index is 0.109. The van der Waals surface area contributed by atoms with Gasteiger partial charge in [0.2, 0.25) is 0 Å². The molecule has 0 bridgehead atoms. The third kappa shape index (κ3) is 26.7. The number of ether oxygens (including phenoxy) is 1. The lowest BCUT2D eigenvalue weighted by Gasteiger charge is -2.24. The highest BCUT2D eigenvalue weighted by Gasteiger charge is 2.26. The zero-order valence-electron chi connectivity index (χ0n) is 24.8. The predicted octanol–water partition coefficient (Wildman–Crippen LogP) is 7.59. The molecule has 1 amide bonds. The summed E-state index contributed by atoms with van der Waals surface area (Å²) in [5, 5.41) is 2.60. The van der Waals surface area contributed by atoms with Gasteiger partial charge in [0.15, 0.2) is 0 Å². The average Bonchev–Trinajstić information content (AvgIpc) is 2.81. The number of phosphoric ester groups is 1. The van der Waals surface area contributed by atoms with Gasteiger partial charge in [-0.1, -0.05) is 103 Å². The second-order valence-corrected chi connectivity index (χ2v) is 12.7. The van der Waals surface area contributed by atoms with Crippen LogP contribution in [0.2, 0.25) is 0 Å². The van der Waals surface area contributed by atoms with Gasteiger partial charge >= 0.3 is 13.9 Å². The van der Waals surface area contributed by atoms with Gasteiger partial charge in [-0.15, -0.1) is 0 Å². The second kappa shape index (κ2) is 23.2. The fourth-order valence-electron chi connectivity index (χ4n) is 4.08. The Morgan fingerprint density at radius 1 is 0.784 bits per heavy atom. The van der Waals surface area contributed by atoms with Crippen LogP contribution in [-0.2, 0) is 18.3 Å². The molecule has 0 aliphatic carbocycles. The largest absolute Gasteiger partial charge is 0.472 e. The Hall–Kier alpha value is -0.660. The molecule has 0 aromatic heterocycles. The van der Waals surface area contributed by atoms with Crippen LogP contribution >= 0.6 is 7.82 Å². The maximum Gasteiger partial charge on any atom is 0.472 e. The summed E-state index contributed by atoms with van der Waals surface area (Å²) in [5.74, 6) is 0. The summed E-state index contributed by atoms with van der Waals surface area (Å²) >= 11 is 0. The lowest BCUT2D eigenvalue weighted by atomic mass is 10.0. The summed E-state index contributed by atoms with van der Waals surface area (Å²) in [6, 6.07) is 0. The maximum atomic E-state index is 12.2. The Morgan fingerprint density at radius 3 is 1.68 bits per heavy atom. The number of hydrogen-bond acceptors (Lipinski definition) is 5. The third-order valence-corrected chi connectivity index (χ3v) is 7.40. The molecule has 0 aromatic rings. The average molecular weight is 552 g/mol. The van der Waals surface area contributed by atoms with Crippen molar-refractivity contribution in [1.29, 1.82) is 0 Å². The van der Waals surface area contributed by atoms with Crippen molar-refractivity contribution in [2.24, 2.45) is 0 Å². The van der Waals surface area contributed by atoms with Crippen LogP contribution < -0.4 is 5.32 Å². The van der Waals surface area contributed by atoms with Gasteiger partial charge in [-0.25, -0.2) is 9.36 Å². The number of amides is 1. The molecule has 2 unspecified atom stereocenters. The molecule has 37 heavy (non-hydrogen) atoms. The van der Waals surface area contributed by atoms with Crippen LogP contribution in [0.15, 0.2) is 0 Å². The molecule has 0 aromatic carbocycles. The Labute approximate surface area is 228 Å². The van der Waals surface area contributed by atoms with Gasteiger partial charge in [-0.05, 0) is 19.8 Å². The van der Waals surface area contributed by atoms with Crippen LogP contribution in [0.4, 0.5) is 4.79 Å². The smallest absolute Gasteiger partial charge is 0.444 e. The molecule has 0 aliphatic rings. The Kier molecular flexibility index (Phi) is 22.8. The van der Waals surface area contributed by atoms with E-state index in [4.69, 9.17) is 13.8 Å². The number of rotatable bonds is 26. The van der Waals surface area contributed by atoms with E-state index in [2.05, 4.69) is 12.2 Å². The van der Waals surface area contributed by atoms with E-state index in [1.165, 1.54) is 83.5 Å². The van der Waals surface area contributed by atoms with Crippen molar-refractivity contribution >= 4 is 13.9 Å². The summed E-state index contributed by atoms with van der Waals surface area (Å²) in [6.07, 6.45) is 20.2. The standard InChI is InChI=1S/C28H59N2O6P/c1-6-8-9-10-11-12-13-14-15-16-17-18-19-20-21-22-23-27(36-28(31)29-7-2)26-35-37(32,33)34-25-24-30(3,4)5/h27H,6-26H2,1-5H3,(H-,29,31,32,33)/p+1. The van der Waals surface area contributed by atoms with Crippen molar-refractivity contribution in [3.63, 3.8) is 0 Å². The molecule has 0 saturated heterocycles. The number of carbonyl (C=O) groups excluding carboxylic acids is 1. The van der Waals surface area contributed by atoms with Gasteiger partial charge < -0.3 is 19.4 Å². The fourth-order valence-corrected chi connectivity index (χ4v) is 4.82. The number of nitrogens with one attached hydrogen (secondary N) is 1. The normalized spacial score (nSPS) is 14.3. The van der Waals surface area contributed by atoms with Crippen LogP contribution in [0.3, 0.4) is 0 Å². The molecule has 0 heterocycles. The van der Waals surface area contributed by atoms with E-state index in [-0.39, 0.29) is 13.2 Å². The number of hydrogen-bond donors (Lipinski definition) is 2. The minimum Gasteiger partial charge on any atom is -0.444 e. The van der Waals surface area contributed by atoms with Crippen LogP contribution in [0.5, 0.6) is 0 Å². The Bertz CT molecular complexity index is 586. The highest BCUT2D eigenvalue weighted by molar-refractivity contribution is 7.47. The highest BCUT2D eigenvalue weighted by atomic mass is 31.2. The van der Waals surface area contributed by atoms with Gasteiger partial charge in [-0.2, -0.15) is 0 Å². The first-order chi connectivity index (χ1) is 17.6. The van der Waals surface area contributed by atoms with Gasteiger partial charge in [0, 0.05) is 6.54 Å². The SMILES string of the molecule is CCCCCCCCCCCCCCCCCCC(COP(=O)(O)OCC[N+](C)(C)C)OC(=O)NCC. The molecular formula is C28H60N2O6P+. The van der Waals surface area contributed by atoms with Crippen molar-refractivity contribution in [2.45, 2.75) is 129 Å². The molecular weight excluding hydrogens is 491 g/mol. The van der Waals surface area contributed by atoms with Gasteiger partial charge in [0.25, 0.3) is 0 Å². The number of likely N-dealkylation sites (N-methyl/N-ethyl adjacent to an activating group) is 1. The number of alkyl carbamates (subject to hydrolysis) is 1. The summed E-state index contributed by atoms with van der Waals surface area (Å²) in [7, 11) is 1.73. The van der Waals surface area contributed by atoms with E-state index in [0.717, 1.165) is 19.3 Å². The number of carbonyl (C=O) groups is 1. The first-order valence-electron chi connectivity index (χ1n) is 15.0. The van der Waals surface area contributed by atoms with Crippen molar-refractivity contribution in [3.8, 4) is 0 Å². The van der Waals surface area contributed by atoms with Crippen LogP contribution in [0, 0.1) is 0 Å². The molecule has 8 nitrogen and oxygen atoms in total. The van der Waals surface area contributed by atoms with Crippen LogP contribution in [0.1, 0.15) is 123 Å². The van der Waals surface area contributed by atoms with Crippen molar-refractivity contribution in [3.05, 3.63) is 0 Å². The fraction of sp³-hybridized carbons (Fsp3) is 0.964. The second-order valence-electron chi connectivity index (χ2n) is 11.3. The van der Waals surface area contributed by atoms with Crippen molar-refractivity contribution < 1.29 is 32.5 Å². The molecule has 0 spiro atoms. The summed E-state index contributed by atoms with van der Waals surface area (Å²) in [6.45, 7) is 5.06. The topological polar surface area (TPSA) is 94.1 Å². The van der Waals surface area contributed by atoms with Gasteiger partial charge in [0.05, 0.1) is 27.7 Å². The first kappa shape index (κ1) is 36.3.